The average molecular weight is 402 g/mol. The van der Waals surface area contributed by atoms with Crippen LogP contribution in [0, 0.1) is 0 Å². The number of nitrogens with two attached hydrogens (primary N) is 2. The van der Waals surface area contributed by atoms with Crippen LogP contribution in [0.15, 0.2) is 59.6 Å². The molecule has 2 unspecified atom stereocenters. The summed E-state index contributed by atoms with van der Waals surface area (Å²) in [7, 11) is 0. The van der Waals surface area contributed by atoms with Gasteiger partial charge in [-0.05, 0) is 49.2 Å². The Hall–Kier alpha value is -3.15. The summed E-state index contributed by atoms with van der Waals surface area (Å²) in [6.07, 6.45) is 13.8. The van der Waals surface area contributed by atoms with Gasteiger partial charge in [-0.25, -0.2) is 0 Å². The van der Waals surface area contributed by atoms with Crippen LogP contribution >= 0.6 is 0 Å². The van der Waals surface area contributed by atoms with Crippen LogP contribution in [-0.4, -0.2) is 30.5 Å². The van der Waals surface area contributed by atoms with E-state index in [-0.39, 0.29) is 0 Å². The number of benzene rings is 2. The molecule has 0 spiro atoms. The summed E-state index contributed by atoms with van der Waals surface area (Å²) in [5.41, 5.74) is 15.4. The Bertz CT molecular complexity index is 977. The number of aliphatic imine (C=N–C) groups is 1. The number of hydrogen-bond acceptors (Lipinski definition) is 5. The smallest absolute Gasteiger partial charge is 0.122 e. The molecule has 0 radical (unpaired) electrons. The lowest BCUT2D eigenvalue weighted by Gasteiger charge is -2.12. The van der Waals surface area contributed by atoms with Gasteiger partial charge in [-0.15, -0.1) is 0 Å². The zero-order valence-corrected chi connectivity index (χ0v) is 17.3. The molecule has 5 heteroatoms. The molecule has 0 saturated heterocycles. The highest BCUT2D eigenvalue weighted by molar-refractivity contribution is 5.83. The second kappa shape index (κ2) is 7.94. The Balaban J connectivity index is 1.35. The van der Waals surface area contributed by atoms with Crippen LogP contribution in [0.2, 0.25) is 0 Å². The highest BCUT2D eigenvalue weighted by Gasteiger charge is 2.15. The minimum Gasteiger partial charge on any atom is -0.490 e. The van der Waals surface area contributed by atoms with Gasteiger partial charge in [-0.1, -0.05) is 42.5 Å². The number of ether oxygens (including phenoxy) is 2. The van der Waals surface area contributed by atoms with Crippen molar-refractivity contribution in [3.8, 4) is 11.5 Å². The molecule has 1 heterocycles. The van der Waals surface area contributed by atoms with Crippen molar-refractivity contribution in [2.45, 2.75) is 24.9 Å². The van der Waals surface area contributed by atoms with Crippen LogP contribution in [0.1, 0.15) is 30.5 Å². The third-order valence-electron chi connectivity index (χ3n) is 5.03. The molecule has 0 fully saturated rings. The van der Waals surface area contributed by atoms with E-state index in [9.17, 15) is 0 Å². The maximum atomic E-state index is 6.17. The Morgan fingerprint density at radius 2 is 1.30 bits per heavy atom. The molecule has 4 N–H and O–H groups in total. The van der Waals surface area contributed by atoms with Gasteiger partial charge in [0.05, 0.1) is 16.8 Å². The van der Waals surface area contributed by atoms with Crippen molar-refractivity contribution in [1.29, 1.82) is 0 Å². The van der Waals surface area contributed by atoms with Crippen LogP contribution in [0.3, 0.4) is 0 Å². The number of nitrogens with zero attached hydrogens (tertiary/aromatic N) is 1. The fourth-order valence-corrected chi connectivity index (χ4v) is 3.24. The molecule has 30 heavy (non-hydrogen) atoms. The normalized spacial score (nSPS) is 24.0. The summed E-state index contributed by atoms with van der Waals surface area (Å²) >= 11 is 0. The quantitative estimate of drug-likeness (QED) is 0.730. The zero-order valence-electron chi connectivity index (χ0n) is 17.3. The van der Waals surface area contributed by atoms with E-state index in [1.54, 1.807) is 6.21 Å². The van der Waals surface area contributed by atoms with Gasteiger partial charge >= 0.3 is 0 Å². The maximum absolute atomic E-state index is 6.17. The molecule has 0 amide bonds. The van der Waals surface area contributed by atoms with E-state index < -0.39 is 11.1 Å². The molecular weight excluding hydrogens is 374 g/mol. The first-order valence-electron chi connectivity index (χ1n) is 10.0. The van der Waals surface area contributed by atoms with Gasteiger partial charge in [0, 0.05) is 17.8 Å². The van der Waals surface area contributed by atoms with Crippen LogP contribution in [0.5, 0.6) is 11.5 Å². The Morgan fingerprint density at radius 3 is 2.03 bits per heavy atom. The first kappa shape index (κ1) is 20.1. The number of hydrogen-bond donors (Lipinski definition) is 2. The molecule has 2 atom stereocenters. The summed E-state index contributed by atoms with van der Waals surface area (Å²) < 4.78 is 11.7. The lowest BCUT2D eigenvalue weighted by Crippen LogP contribution is -2.34. The van der Waals surface area contributed by atoms with E-state index in [0.717, 1.165) is 33.9 Å². The van der Waals surface area contributed by atoms with E-state index in [1.807, 2.05) is 86.7 Å². The molecule has 0 bridgehead atoms. The van der Waals surface area contributed by atoms with Gasteiger partial charge in [0.1, 0.15) is 24.7 Å². The highest BCUT2D eigenvalue weighted by atomic mass is 16.5. The van der Waals surface area contributed by atoms with E-state index in [4.69, 9.17) is 20.9 Å². The molecule has 2 aliphatic rings. The van der Waals surface area contributed by atoms with E-state index in [0.29, 0.717) is 13.2 Å². The van der Waals surface area contributed by atoms with Gasteiger partial charge in [-0.3, -0.25) is 4.99 Å². The summed E-state index contributed by atoms with van der Waals surface area (Å²) in [5, 5.41) is 0. The summed E-state index contributed by atoms with van der Waals surface area (Å²) in [4.78, 5) is 4.49. The number of fused-ring (bicyclic) bond motifs is 2. The molecule has 0 saturated carbocycles. The topological polar surface area (TPSA) is 82.9 Å². The third kappa shape index (κ3) is 4.87. The third-order valence-corrected chi connectivity index (χ3v) is 5.03. The van der Waals surface area contributed by atoms with Crippen molar-refractivity contribution in [3.63, 3.8) is 0 Å². The number of rotatable bonds is 5. The van der Waals surface area contributed by atoms with Crippen molar-refractivity contribution in [2.75, 3.05) is 13.2 Å². The van der Waals surface area contributed by atoms with E-state index >= 15 is 0 Å². The van der Waals surface area contributed by atoms with Crippen molar-refractivity contribution in [1.82, 2.24) is 0 Å². The van der Waals surface area contributed by atoms with Gasteiger partial charge in [-0.2, -0.15) is 0 Å². The second-order valence-corrected chi connectivity index (χ2v) is 8.20. The highest BCUT2D eigenvalue weighted by Crippen LogP contribution is 2.29. The average Bonchev–Trinajstić information content (AvgIpc) is 2.96. The fraction of sp³-hybridized carbons (Fsp3) is 0.240. The van der Waals surface area contributed by atoms with E-state index in [2.05, 4.69) is 4.99 Å². The van der Waals surface area contributed by atoms with Crippen molar-refractivity contribution >= 4 is 30.1 Å². The van der Waals surface area contributed by atoms with Gasteiger partial charge < -0.3 is 20.9 Å². The zero-order chi connectivity index (χ0) is 21.2. The lowest BCUT2D eigenvalue weighted by molar-refractivity contribution is 0.217. The maximum Gasteiger partial charge on any atom is 0.122 e. The summed E-state index contributed by atoms with van der Waals surface area (Å²) in [6.45, 7) is 4.75. The monoisotopic (exact) mass is 401 g/mol. The summed E-state index contributed by atoms with van der Waals surface area (Å²) in [5.74, 6) is 1.55. The minimum absolute atomic E-state index is 0.431. The Labute approximate surface area is 177 Å². The minimum atomic E-state index is -0.546. The predicted octanol–water partition coefficient (Wildman–Crippen LogP) is 4.35. The second-order valence-electron chi connectivity index (χ2n) is 8.20. The van der Waals surface area contributed by atoms with Crippen LogP contribution in [0.25, 0.3) is 18.2 Å². The molecule has 0 aromatic heterocycles. The summed E-state index contributed by atoms with van der Waals surface area (Å²) in [6, 6.07) is 11.9. The molecule has 154 valence electrons. The first-order valence-corrected chi connectivity index (χ1v) is 10.0. The fourth-order valence-electron chi connectivity index (χ4n) is 3.24. The van der Waals surface area contributed by atoms with Gasteiger partial charge in [0.15, 0.2) is 0 Å². The van der Waals surface area contributed by atoms with Crippen molar-refractivity contribution in [3.05, 3.63) is 71.3 Å². The molecular formula is C25H27N3O2. The van der Waals surface area contributed by atoms with E-state index in [1.165, 1.54) is 0 Å². The van der Waals surface area contributed by atoms with Crippen LogP contribution in [0.4, 0.5) is 5.69 Å². The first-order chi connectivity index (χ1) is 14.3. The molecule has 5 nitrogen and oxygen atoms in total. The Kier molecular flexibility index (Phi) is 5.33. The molecule has 2 aromatic carbocycles. The van der Waals surface area contributed by atoms with Crippen LogP contribution in [-0.2, 0) is 0 Å². The predicted molar refractivity (Wildman–Crippen MR) is 124 cm³/mol. The molecule has 2 aromatic rings. The largest absolute Gasteiger partial charge is 0.490 e. The lowest BCUT2D eigenvalue weighted by atomic mass is 10.0. The standard InChI is InChI=1S/C25H27N3O2/c1-24(26)10-7-18-3-5-21(15-20(18)9-11-24)29-13-14-30-22-6-4-19-8-12-25(2,27)17-28-23(19)16-22/h3-12,15-17H,13-14,26-27H2,1-2H3. The molecule has 4 rings (SSSR count). The van der Waals surface area contributed by atoms with Crippen molar-refractivity contribution in [2.24, 2.45) is 16.5 Å². The van der Waals surface area contributed by atoms with Crippen molar-refractivity contribution < 1.29 is 9.47 Å². The molecule has 1 aliphatic heterocycles. The van der Waals surface area contributed by atoms with Gasteiger partial charge in [0.25, 0.3) is 0 Å². The van der Waals surface area contributed by atoms with Gasteiger partial charge in [0.2, 0.25) is 0 Å². The Morgan fingerprint density at radius 1 is 0.733 bits per heavy atom. The van der Waals surface area contributed by atoms with Crippen LogP contribution < -0.4 is 20.9 Å². The SMILES string of the molecule is CC1(N)C=Cc2ccc(OCCOc3ccc4c(c3)N=CC(C)(N)C=C4)cc2C=C1. The molecule has 1 aliphatic carbocycles.